The zero-order valence-electron chi connectivity index (χ0n) is 14.7. The summed E-state index contributed by atoms with van der Waals surface area (Å²) in [5.41, 5.74) is 0.370. The molecule has 2 atom stereocenters. The predicted octanol–water partition coefficient (Wildman–Crippen LogP) is 4.45. The Bertz CT molecular complexity index is 248. The molecule has 1 N–H and O–H groups in total. The normalized spacial score (nSPS) is 24.8. The second-order valence-corrected chi connectivity index (χ2v) is 6.85. The summed E-state index contributed by atoms with van der Waals surface area (Å²) in [7, 11) is 0. The topological polar surface area (TPSA) is 15.3 Å². The van der Waals surface area contributed by atoms with Crippen LogP contribution >= 0.6 is 0 Å². The molecule has 1 fully saturated rings. The van der Waals surface area contributed by atoms with Gasteiger partial charge in [0, 0.05) is 24.7 Å². The maximum absolute atomic E-state index is 3.89. The summed E-state index contributed by atoms with van der Waals surface area (Å²) in [4.78, 5) is 2.81. The lowest BCUT2D eigenvalue weighted by Gasteiger charge is -2.49. The second-order valence-electron chi connectivity index (χ2n) is 6.85. The van der Waals surface area contributed by atoms with Crippen molar-refractivity contribution in [1.29, 1.82) is 0 Å². The third-order valence-electron chi connectivity index (χ3n) is 5.61. The van der Waals surface area contributed by atoms with Crippen molar-refractivity contribution in [2.45, 2.75) is 91.1 Å². The number of nitrogens with zero attached hydrogens (tertiary/aromatic N) is 1. The van der Waals surface area contributed by atoms with Crippen LogP contribution in [0.25, 0.3) is 0 Å². The fraction of sp³-hybridized carbons (Fsp3) is 1.00. The summed E-state index contributed by atoms with van der Waals surface area (Å²) in [6.07, 6.45) is 9.31. The van der Waals surface area contributed by atoms with Gasteiger partial charge in [-0.3, -0.25) is 4.90 Å². The SMILES string of the molecule is CCCCCCN1CC(CC)(CC)NCC1C(C)CC. The summed E-state index contributed by atoms with van der Waals surface area (Å²) in [5.74, 6) is 0.806. The lowest BCUT2D eigenvalue weighted by Crippen LogP contribution is -2.65. The highest BCUT2D eigenvalue weighted by molar-refractivity contribution is 4.97. The first-order chi connectivity index (χ1) is 9.62. The Balaban J connectivity index is 2.62. The number of piperazine rings is 1. The minimum atomic E-state index is 0.370. The lowest BCUT2D eigenvalue weighted by atomic mass is 9.85. The average molecular weight is 283 g/mol. The van der Waals surface area contributed by atoms with Crippen LogP contribution < -0.4 is 5.32 Å². The smallest absolute Gasteiger partial charge is 0.0304 e. The van der Waals surface area contributed by atoms with Gasteiger partial charge in [-0.15, -0.1) is 0 Å². The molecule has 20 heavy (non-hydrogen) atoms. The average Bonchev–Trinajstić information content (AvgIpc) is 2.50. The molecule has 0 saturated carbocycles. The van der Waals surface area contributed by atoms with Crippen LogP contribution in [-0.2, 0) is 0 Å². The number of nitrogens with one attached hydrogen (secondary N) is 1. The molecule has 0 aromatic rings. The molecule has 120 valence electrons. The van der Waals surface area contributed by atoms with E-state index in [2.05, 4.69) is 44.8 Å². The maximum Gasteiger partial charge on any atom is 0.0304 e. The molecule has 1 saturated heterocycles. The Kier molecular flexibility index (Phi) is 8.13. The molecule has 2 heteroatoms. The van der Waals surface area contributed by atoms with Gasteiger partial charge in [0.25, 0.3) is 0 Å². The number of hydrogen-bond donors (Lipinski definition) is 1. The molecule has 0 radical (unpaired) electrons. The van der Waals surface area contributed by atoms with Gasteiger partial charge in [-0.25, -0.2) is 0 Å². The molecule has 0 spiro atoms. The molecule has 2 nitrogen and oxygen atoms in total. The monoisotopic (exact) mass is 282 g/mol. The minimum absolute atomic E-state index is 0.370. The van der Waals surface area contributed by atoms with Crippen molar-refractivity contribution < 1.29 is 0 Å². The van der Waals surface area contributed by atoms with E-state index in [9.17, 15) is 0 Å². The van der Waals surface area contributed by atoms with Crippen LogP contribution in [0.1, 0.15) is 79.6 Å². The zero-order valence-corrected chi connectivity index (χ0v) is 14.7. The maximum atomic E-state index is 3.89. The molecule has 0 aromatic carbocycles. The molecule has 1 rings (SSSR count). The van der Waals surface area contributed by atoms with Gasteiger partial charge in [-0.1, -0.05) is 60.3 Å². The van der Waals surface area contributed by atoms with E-state index in [4.69, 9.17) is 0 Å². The van der Waals surface area contributed by atoms with Gasteiger partial charge >= 0.3 is 0 Å². The Hall–Kier alpha value is -0.0800. The third kappa shape index (κ3) is 4.73. The molecule has 0 amide bonds. The van der Waals surface area contributed by atoms with Crippen molar-refractivity contribution in [3.05, 3.63) is 0 Å². The largest absolute Gasteiger partial charge is 0.308 e. The lowest BCUT2D eigenvalue weighted by molar-refractivity contribution is 0.0443. The standard InChI is InChI=1S/C18H38N2/c1-6-10-11-12-13-20-15-18(8-3,9-4)19-14-17(20)16(5)7-2/h16-17,19H,6-15H2,1-5H3. The Labute approximate surface area is 127 Å². The molecule has 1 aliphatic rings. The molecule has 0 bridgehead atoms. The van der Waals surface area contributed by atoms with Gasteiger partial charge in [-0.2, -0.15) is 0 Å². The van der Waals surface area contributed by atoms with Gasteiger partial charge < -0.3 is 5.32 Å². The van der Waals surface area contributed by atoms with Crippen LogP contribution in [-0.4, -0.2) is 36.1 Å². The first-order valence-corrected chi connectivity index (χ1v) is 9.11. The van der Waals surface area contributed by atoms with E-state index in [0.717, 1.165) is 12.0 Å². The van der Waals surface area contributed by atoms with Crippen LogP contribution in [0.3, 0.4) is 0 Å². The highest BCUT2D eigenvalue weighted by Crippen LogP contribution is 2.27. The van der Waals surface area contributed by atoms with Gasteiger partial charge in [0.05, 0.1) is 0 Å². The van der Waals surface area contributed by atoms with Crippen LogP contribution in [0.2, 0.25) is 0 Å². The Morgan fingerprint density at radius 1 is 1.10 bits per heavy atom. The van der Waals surface area contributed by atoms with Crippen molar-refractivity contribution in [3.8, 4) is 0 Å². The first kappa shape index (κ1) is 18.0. The van der Waals surface area contributed by atoms with Crippen LogP contribution in [0.15, 0.2) is 0 Å². The van der Waals surface area contributed by atoms with Crippen LogP contribution in [0.4, 0.5) is 0 Å². The summed E-state index contributed by atoms with van der Waals surface area (Å²) >= 11 is 0. The number of hydrogen-bond acceptors (Lipinski definition) is 2. The summed E-state index contributed by atoms with van der Waals surface area (Å²) in [6.45, 7) is 15.5. The van der Waals surface area contributed by atoms with Gasteiger partial charge in [-0.05, 0) is 31.7 Å². The molecule has 0 aromatic heterocycles. The van der Waals surface area contributed by atoms with Crippen LogP contribution in [0, 0.1) is 5.92 Å². The van der Waals surface area contributed by atoms with Gasteiger partial charge in [0.15, 0.2) is 0 Å². The fourth-order valence-corrected chi connectivity index (χ4v) is 3.56. The molecule has 1 heterocycles. The highest BCUT2D eigenvalue weighted by atomic mass is 15.3. The minimum Gasteiger partial charge on any atom is -0.308 e. The Morgan fingerprint density at radius 2 is 1.80 bits per heavy atom. The van der Waals surface area contributed by atoms with Crippen molar-refractivity contribution in [3.63, 3.8) is 0 Å². The van der Waals surface area contributed by atoms with E-state index in [1.54, 1.807) is 0 Å². The van der Waals surface area contributed by atoms with Crippen molar-refractivity contribution in [2.75, 3.05) is 19.6 Å². The van der Waals surface area contributed by atoms with E-state index >= 15 is 0 Å². The molecular weight excluding hydrogens is 244 g/mol. The van der Waals surface area contributed by atoms with E-state index in [0.29, 0.717) is 5.54 Å². The van der Waals surface area contributed by atoms with E-state index in [1.165, 1.54) is 64.6 Å². The summed E-state index contributed by atoms with van der Waals surface area (Å²) < 4.78 is 0. The van der Waals surface area contributed by atoms with Gasteiger partial charge in [0.1, 0.15) is 0 Å². The molecule has 0 aliphatic carbocycles. The van der Waals surface area contributed by atoms with Crippen molar-refractivity contribution in [1.82, 2.24) is 10.2 Å². The molecule has 1 aliphatic heterocycles. The number of rotatable bonds is 9. The predicted molar refractivity (Wildman–Crippen MR) is 90.3 cm³/mol. The summed E-state index contributed by atoms with van der Waals surface area (Å²) in [6, 6.07) is 0.743. The van der Waals surface area contributed by atoms with E-state index in [-0.39, 0.29) is 0 Å². The molecular formula is C18H38N2. The Morgan fingerprint density at radius 3 is 2.35 bits per heavy atom. The summed E-state index contributed by atoms with van der Waals surface area (Å²) in [5, 5.41) is 3.89. The van der Waals surface area contributed by atoms with E-state index in [1.807, 2.05) is 0 Å². The zero-order chi connectivity index (χ0) is 15.0. The second kappa shape index (κ2) is 9.04. The van der Waals surface area contributed by atoms with Crippen LogP contribution in [0.5, 0.6) is 0 Å². The third-order valence-corrected chi connectivity index (χ3v) is 5.61. The fourth-order valence-electron chi connectivity index (χ4n) is 3.56. The first-order valence-electron chi connectivity index (χ1n) is 9.11. The highest BCUT2D eigenvalue weighted by Gasteiger charge is 2.37. The van der Waals surface area contributed by atoms with Gasteiger partial charge in [0.2, 0.25) is 0 Å². The van der Waals surface area contributed by atoms with Crippen molar-refractivity contribution >= 4 is 0 Å². The van der Waals surface area contributed by atoms with Crippen molar-refractivity contribution in [2.24, 2.45) is 5.92 Å². The number of unbranched alkanes of at least 4 members (excludes halogenated alkanes) is 3. The quantitative estimate of drug-likeness (QED) is 0.629. The van der Waals surface area contributed by atoms with E-state index < -0.39 is 0 Å². The molecule has 2 unspecified atom stereocenters.